The molecule has 100 valence electrons. The first-order valence-corrected chi connectivity index (χ1v) is 7.49. The van der Waals surface area contributed by atoms with Crippen LogP contribution in [0.5, 0.6) is 0 Å². The Balaban J connectivity index is 1.78. The van der Waals surface area contributed by atoms with E-state index in [0.29, 0.717) is 6.42 Å². The van der Waals surface area contributed by atoms with Crippen molar-refractivity contribution in [2.45, 2.75) is 38.7 Å². The summed E-state index contributed by atoms with van der Waals surface area (Å²) >= 11 is 1.73. The summed E-state index contributed by atoms with van der Waals surface area (Å²) in [6.07, 6.45) is 3.64. The van der Waals surface area contributed by atoms with Crippen molar-refractivity contribution in [1.29, 1.82) is 0 Å². The Morgan fingerprint density at radius 3 is 2.89 bits per heavy atom. The molecule has 0 amide bonds. The van der Waals surface area contributed by atoms with E-state index in [4.69, 9.17) is 0 Å². The summed E-state index contributed by atoms with van der Waals surface area (Å²) < 4.78 is 13.1. The van der Waals surface area contributed by atoms with Gasteiger partial charge in [0.15, 0.2) is 0 Å². The number of hydrogen-bond donors (Lipinski definition) is 1. The Hall–Kier alpha value is -1.19. The van der Waals surface area contributed by atoms with Crippen LogP contribution in [0.4, 0.5) is 4.39 Å². The van der Waals surface area contributed by atoms with E-state index >= 15 is 0 Å². The normalized spacial score (nSPS) is 15.5. The molecule has 1 N–H and O–H groups in total. The first-order valence-electron chi connectivity index (χ1n) is 6.68. The fourth-order valence-electron chi connectivity index (χ4n) is 2.71. The lowest BCUT2D eigenvalue weighted by Gasteiger charge is -2.11. The van der Waals surface area contributed by atoms with Gasteiger partial charge in [-0.3, -0.25) is 0 Å². The number of benzene rings is 1. The standard InChI is InChI=1S/C16H17FOS/c1-10-7-13(17)6-5-11(10)8-14(18)16-9-12-3-2-4-15(12)19-16/h5-7,9,14,18H,2-4,8H2,1H3. The summed E-state index contributed by atoms with van der Waals surface area (Å²) in [7, 11) is 0. The van der Waals surface area contributed by atoms with Crippen molar-refractivity contribution in [2.24, 2.45) is 0 Å². The lowest BCUT2D eigenvalue weighted by molar-refractivity contribution is 0.182. The summed E-state index contributed by atoms with van der Waals surface area (Å²) in [6, 6.07) is 6.91. The molecule has 2 aromatic rings. The minimum atomic E-state index is -0.472. The highest BCUT2D eigenvalue weighted by Crippen LogP contribution is 2.35. The highest BCUT2D eigenvalue weighted by molar-refractivity contribution is 7.12. The van der Waals surface area contributed by atoms with E-state index in [1.54, 1.807) is 17.4 Å². The fourth-order valence-corrected chi connectivity index (χ4v) is 3.96. The zero-order chi connectivity index (χ0) is 13.4. The van der Waals surface area contributed by atoms with Crippen LogP contribution in [-0.4, -0.2) is 5.11 Å². The molecule has 3 rings (SSSR count). The van der Waals surface area contributed by atoms with Crippen LogP contribution in [-0.2, 0) is 19.3 Å². The van der Waals surface area contributed by atoms with E-state index in [9.17, 15) is 9.50 Å². The van der Waals surface area contributed by atoms with Crippen LogP contribution >= 0.6 is 11.3 Å². The molecule has 1 unspecified atom stereocenters. The molecule has 1 aromatic heterocycles. The first kappa shape index (κ1) is 12.8. The number of fused-ring (bicyclic) bond motifs is 1. The lowest BCUT2D eigenvalue weighted by Crippen LogP contribution is -2.01. The van der Waals surface area contributed by atoms with Gasteiger partial charge in [0.25, 0.3) is 0 Å². The maximum absolute atomic E-state index is 13.1. The summed E-state index contributed by atoms with van der Waals surface area (Å²) in [5.74, 6) is -0.217. The average Bonchev–Trinajstić information content (AvgIpc) is 2.93. The molecule has 0 saturated heterocycles. The van der Waals surface area contributed by atoms with Gasteiger partial charge in [-0.25, -0.2) is 4.39 Å². The van der Waals surface area contributed by atoms with Crippen LogP contribution in [0, 0.1) is 12.7 Å². The van der Waals surface area contributed by atoms with Crippen molar-refractivity contribution in [2.75, 3.05) is 0 Å². The molecule has 0 bridgehead atoms. The molecule has 0 radical (unpaired) electrons. The first-order chi connectivity index (χ1) is 9.13. The van der Waals surface area contributed by atoms with Crippen LogP contribution in [0.15, 0.2) is 24.3 Å². The third kappa shape index (κ3) is 2.58. The minimum Gasteiger partial charge on any atom is -0.387 e. The highest BCUT2D eigenvalue weighted by Gasteiger charge is 2.19. The number of thiophene rings is 1. The van der Waals surface area contributed by atoms with Gasteiger partial charge in [-0.15, -0.1) is 11.3 Å². The molecule has 1 atom stereocenters. The summed E-state index contributed by atoms with van der Waals surface area (Å²) in [5.41, 5.74) is 3.33. The Morgan fingerprint density at radius 2 is 2.16 bits per heavy atom. The van der Waals surface area contributed by atoms with Crippen molar-refractivity contribution in [3.8, 4) is 0 Å². The molecule has 0 spiro atoms. The second-order valence-electron chi connectivity index (χ2n) is 5.24. The van der Waals surface area contributed by atoms with E-state index in [2.05, 4.69) is 6.07 Å². The fraction of sp³-hybridized carbons (Fsp3) is 0.375. The van der Waals surface area contributed by atoms with Gasteiger partial charge >= 0.3 is 0 Å². The molecular weight excluding hydrogens is 259 g/mol. The SMILES string of the molecule is Cc1cc(F)ccc1CC(O)c1cc2c(s1)CCC2. The Labute approximate surface area is 116 Å². The minimum absolute atomic E-state index is 0.217. The molecule has 0 fully saturated rings. The third-order valence-electron chi connectivity index (χ3n) is 3.81. The average molecular weight is 276 g/mol. The maximum Gasteiger partial charge on any atom is 0.123 e. The summed E-state index contributed by atoms with van der Waals surface area (Å²) in [5, 5.41) is 10.3. The molecule has 1 aliphatic carbocycles. The molecule has 0 aliphatic heterocycles. The number of aliphatic hydroxyl groups is 1. The van der Waals surface area contributed by atoms with Gasteiger partial charge in [0.1, 0.15) is 5.82 Å². The van der Waals surface area contributed by atoms with Crippen molar-refractivity contribution in [3.63, 3.8) is 0 Å². The predicted octanol–water partition coefficient (Wildman–Crippen LogP) is 3.96. The second-order valence-corrected chi connectivity index (χ2v) is 6.41. The summed E-state index contributed by atoms with van der Waals surface area (Å²) in [6.45, 7) is 1.89. The van der Waals surface area contributed by atoms with Crippen molar-refractivity contribution >= 4 is 11.3 Å². The Bertz CT molecular complexity index is 581. The quantitative estimate of drug-likeness (QED) is 0.899. The lowest BCUT2D eigenvalue weighted by atomic mass is 10.0. The number of hydrogen-bond acceptors (Lipinski definition) is 2. The van der Waals surface area contributed by atoms with Gasteiger partial charge < -0.3 is 5.11 Å². The van der Waals surface area contributed by atoms with E-state index in [1.165, 1.54) is 29.0 Å². The summed E-state index contributed by atoms with van der Waals surface area (Å²) in [4.78, 5) is 2.48. The molecule has 1 aliphatic rings. The number of aliphatic hydroxyl groups excluding tert-OH is 1. The van der Waals surface area contributed by atoms with Crippen molar-refractivity contribution in [3.05, 3.63) is 56.5 Å². The molecule has 3 heteroatoms. The largest absolute Gasteiger partial charge is 0.387 e. The zero-order valence-electron chi connectivity index (χ0n) is 10.9. The predicted molar refractivity (Wildman–Crippen MR) is 76.1 cm³/mol. The highest BCUT2D eigenvalue weighted by atomic mass is 32.1. The van der Waals surface area contributed by atoms with Crippen molar-refractivity contribution in [1.82, 2.24) is 0 Å². The van der Waals surface area contributed by atoms with Crippen LogP contribution in [0.2, 0.25) is 0 Å². The second kappa shape index (κ2) is 5.06. The van der Waals surface area contributed by atoms with Gasteiger partial charge in [0, 0.05) is 16.2 Å². The smallest absolute Gasteiger partial charge is 0.123 e. The van der Waals surface area contributed by atoms with E-state index in [1.807, 2.05) is 6.92 Å². The van der Waals surface area contributed by atoms with E-state index in [0.717, 1.165) is 28.8 Å². The van der Waals surface area contributed by atoms with Crippen molar-refractivity contribution < 1.29 is 9.50 Å². The molecule has 1 nitrogen and oxygen atoms in total. The van der Waals surface area contributed by atoms with Gasteiger partial charge in [-0.2, -0.15) is 0 Å². The van der Waals surface area contributed by atoms with Crippen LogP contribution in [0.3, 0.4) is 0 Å². The van der Waals surface area contributed by atoms with Gasteiger partial charge in [0.2, 0.25) is 0 Å². The number of halogens is 1. The molecule has 1 aromatic carbocycles. The molecule has 1 heterocycles. The number of aryl methyl sites for hydroxylation is 3. The van der Waals surface area contributed by atoms with Crippen LogP contribution < -0.4 is 0 Å². The van der Waals surface area contributed by atoms with Gasteiger partial charge in [-0.1, -0.05) is 6.07 Å². The van der Waals surface area contributed by atoms with Crippen LogP contribution in [0.1, 0.15) is 39.0 Å². The Kier molecular flexibility index (Phi) is 3.42. The maximum atomic E-state index is 13.1. The van der Waals surface area contributed by atoms with Crippen LogP contribution in [0.25, 0.3) is 0 Å². The zero-order valence-corrected chi connectivity index (χ0v) is 11.8. The number of rotatable bonds is 3. The monoisotopic (exact) mass is 276 g/mol. The molecule has 19 heavy (non-hydrogen) atoms. The molecular formula is C16H17FOS. The van der Waals surface area contributed by atoms with E-state index in [-0.39, 0.29) is 5.82 Å². The van der Waals surface area contributed by atoms with Gasteiger partial charge in [0.05, 0.1) is 6.10 Å². The molecule has 0 saturated carbocycles. The third-order valence-corrected chi connectivity index (χ3v) is 5.15. The van der Waals surface area contributed by atoms with Gasteiger partial charge in [-0.05, 0) is 61.1 Å². The Morgan fingerprint density at radius 1 is 1.32 bits per heavy atom. The topological polar surface area (TPSA) is 20.2 Å². The van der Waals surface area contributed by atoms with E-state index < -0.39 is 6.10 Å².